The molecule has 0 saturated heterocycles. The molecule has 152 valence electrons. The van der Waals surface area contributed by atoms with Crippen molar-refractivity contribution in [3.63, 3.8) is 0 Å². The van der Waals surface area contributed by atoms with E-state index in [0.717, 1.165) is 28.2 Å². The van der Waals surface area contributed by atoms with Gasteiger partial charge in [0.2, 0.25) is 5.91 Å². The Morgan fingerprint density at radius 1 is 1.21 bits per heavy atom. The molecule has 0 N–H and O–H groups in total. The summed E-state index contributed by atoms with van der Waals surface area (Å²) in [5.74, 6) is 0.481. The monoisotopic (exact) mass is 393 g/mol. The second kappa shape index (κ2) is 8.90. The second-order valence-electron chi connectivity index (χ2n) is 7.25. The van der Waals surface area contributed by atoms with Crippen molar-refractivity contribution in [2.24, 2.45) is 5.10 Å². The van der Waals surface area contributed by atoms with E-state index in [4.69, 9.17) is 4.74 Å². The van der Waals surface area contributed by atoms with Gasteiger partial charge in [0.1, 0.15) is 12.3 Å². The summed E-state index contributed by atoms with van der Waals surface area (Å²) in [7, 11) is 3.27. The third-order valence-corrected chi connectivity index (χ3v) is 5.13. The molecule has 6 nitrogen and oxygen atoms in total. The zero-order chi connectivity index (χ0) is 21.0. The fourth-order valence-electron chi connectivity index (χ4n) is 3.40. The third kappa shape index (κ3) is 4.65. The summed E-state index contributed by atoms with van der Waals surface area (Å²) in [4.78, 5) is 26.4. The van der Waals surface area contributed by atoms with Crippen LogP contribution in [-0.4, -0.2) is 48.1 Å². The minimum Gasteiger partial charge on any atom is -0.497 e. The van der Waals surface area contributed by atoms with Gasteiger partial charge in [-0.1, -0.05) is 48.9 Å². The highest BCUT2D eigenvalue weighted by Gasteiger charge is 2.33. The van der Waals surface area contributed by atoms with Gasteiger partial charge in [-0.2, -0.15) is 5.10 Å². The van der Waals surface area contributed by atoms with Crippen molar-refractivity contribution < 1.29 is 14.3 Å². The summed E-state index contributed by atoms with van der Waals surface area (Å²) in [5.41, 5.74) is 3.93. The van der Waals surface area contributed by atoms with E-state index in [9.17, 15) is 9.59 Å². The SMILES string of the molecule is CCC(=O)N(C)CC(=O)N1N=C(c2cccc(OC)c2)C[C@@H]1c1ccc(C)cc1. The van der Waals surface area contributed by atoms with Crippen molar-refractivity contribution in [1.82, 2.24) is 9.91 Å². The number of likely N-dealkylation sites (N-methyl/N-ethyl adjacent to an activating group) is 1. The number of benzene rings is 2. The topological polar surface area (TPSA) is 62.2 Å². The highest BCUT2D eigenvalue weighted by Crippen LogP contribution is 2.33. The van der Waals surface area contributed by atoms with Crippen LogP contribution in [0.2, 0.25) is 0 Å². The molecule has 1 aliphatic heterocycles. The summed E-state index contributed by atoms with van der Waals surface area (Å²) >= 11 is 0. The largest absolute Gasteiger partial charge is 0.497 e. The summed E-state index contributed by atoms with van der Waals surface area (Å²) < 4.78 is 5.32. The zero-order valence-corrected chi connectivity index (χ0v) is 17.4. The van der Waals surface area contributed by atoms with Crippen LogP contribution in [0.5, 0.6) is 5.75 Å². The van der Waals surface area contributed by atoms with Gasteiger partial charge < -0.3 is 9.64 Å². The number of hydrazone groups is 1. The van der Waals surface area contributed by atoms with Gasteiger partial charge in [-0.3, -0.25) is 9.59 Å². The summed E-state index contributed by atoms with van der Waals surface area (Å²) in [6.07, 6.45) is 0.969. The first-order valence-electron chi connectivity index (χ1n) is 9.77. The number of aryl methyl sites for hydroxylation is 1. The first kappa shape index (κ1) is 20.6. The Balaban J connectivity index is 1.91. The first-order chi connectivity index (χ1) is 13.9. The minimum absolute atomic E-state index is 0.00389. The van der Waals surface area contributed by atoms with Crippen LogP contribution in [-0.2, 0) is 9.59 Å². The van der Waals surface area contributed by atoms with Crippen LogP contribution in [0.25, 0.3) is 0 Å². The number of nitrogens with zero attached hydrogens (tertiary/aromatic N) is 3. The lowest BCUT2D eigenvalue weighted by Crippen LogP contribution is -2.38. The molecule has 2 amide bonds. The van der Waals surface area contributed by atoms with Crippen LogP contribution in [0.1, 0.15) is 42.5 Å². The van der Waals surface area contributed by atoms with Gasteiger partial charge in [0, 0.05) is 25.5 Å². The van der Waals surface area contributed by atoms with Crippen molar-refractivity contribution in [2.45, 2.75) is 32.7 Å². The van der Waals surface area contributed by atoms with Crippen LogP contribution in [0.15, 0.2) is 53.6 Å². The first-order valence-corrected chi connectivity index (χ1v) is 9.77. The van der Waals surface area contributed by atoms with E-state index in [1.165, 1.54) is 9.91 Å². The van der Waals surface area contributed by atoms with E-state index in [2.05, 4.69) is 5.10 Å². The van der Waals surface area contributed by atoms with E-state index in [1.807, 2.05) is 55.5 Å². The molecule has 2 aromatic carbocycles. The standard InChI is InChI=1S/C23H27N3O3/c1-5-22(27)25(3)15-23(28)26-21(17-11-9-16(2)10-12-17)14-20(24-26)18-7-6-8-19(13-18)29-4/h6-13,21H,5,14-15H2,1-4H3/t21-/m1/s1. The number of ether oxygens (including phenoxy) is 1. The molecule has 0 aromatic heterocycles. The van der Waals surface area contributed by atoms with Gasteiger partial charge in [-0.15, -0.1) is 0 Å². The molecule has 0 fully saturated rings. The average Bonchev–Trinajstić information content (AvgIpc) is 3.19. The number of methoxy groups -OCH3 is 1. The van der Waals surface area contributed by atoms with Crippen LogP contribution in [0.4, 0.5) is 0 Å². The number of carbonyl (C=O) groups is 2. The molecule has 6 heteroatoms. The summed E-state index contributed by atoms with van der Waals surface area (Å²) in [6.45, 7) is 3.82. The Labute approximate surface area is 171 Å². The van der Waals surface area contributed by atoms with Crippen molar-refractivity contribution in [3.05, 3.63) is 65.2 Å². The van der Waals surface area contributed by atoms with Crippen molar-refractivity contribution in [2.75, 3.05) is 20.7 Å². The molecule has 1 aliphatic rings. The maximum absolute atomic E-state index is 13.0. The summed E-state index contributed by atoms with van der Waals surface area (Å²) in [5, 5.41) is 6.19. The molecule has 29 heavy (non-hydrogen) atoms. The Morgan fingerprint density at radius 3 is 2.59 bits per heavy atom. The van der Waals surface area contributed by atoms with Gasteiger partial charge >= 0.3 is 0 Å². The molecule has 0 spiro atoms. The predicted octanol–water partition coefficient (Wildman–Crippen LogP) is 3.55. The molecule has 0 unspecified atom stereocenters. The van der Waals surface area contributed by atoms with E-state index in [0.29, 0.717) is 12.8 Å². The van der Waals surface area contributed by atoms with E-state index < -0.39 is 0 Å². The van der Waals surface area contributed by atoms with Gasteiger partial charge in [0.25, 0.3) is 5.91 Å². The number of hydrogen-bond acceptors (Lipinski definition) is 4. The van der Waals surface area contributed by atoms with Gasteiger partial charge in [0.05, 0.1) is 18.9 Å². The Hall–Kier alpha value is -3.15. The Morgan fingerprint density at radius 2 is 1.93 bits per heavy atom. The normalized spacial score (nSPS) is 15.8. The van der Waals surface area contributed by atoms with Gasteiger partial charge in [-0.05, 0) is 24.6 Å². The zero-order valence-electron chi connectivity index (χ0n) is 17.4. The molecule has 1 atom stereocenters. The average molecular weight is 393 g/mol. The maximum atomic E-state index is 13.0. The van der Waals surface area contributed by atoms with Crippen LogP contribution >= 0.6 is 0 Å². The number of hydrogen-bond donors (Lipinski definition) is 0. The lowest BCUT2D eigenvalue weighted by atomic mass is 9.97. The lowest BCUT2D eigenvalue weighted by Gasteiger charge is -2.24. The second-order valence-corrected chi connectivity index (χ2v) is 7.25. The van der Waals surface area contributed by atoms with Crippen LogP contribution in [0, 0.1) is 6.92 Å². The van der Waals surface area contributed by atoms with Crippen LogP contribution in [0.3, 0.4) is 0 Å². The quantitative estimate of drug-likeness (QED) is 0.754. The highest BCUT2D eigenvalue weighted by molar-refractivity contribution is 6.03. The Kier molecular flexibility index (Phi) is 6.32. The molecule has 0 radical (unpaired) electrons. The smallest absolute Gasteiger partial charge is 0.262 e. The number of carbonyl (C=O) groups excluding carboxylic acids is 2. The molecule has 0 saturated carbocycles. The summed E-state index contributed by atoms with van der Waals surface area (Å²) in [6, 6.07) is 15.6. The minimum atomic E-state index is -0.200. The van der Waals surface area contributed by atoms with Gasteiger partial charge in [0.15, 0.2) is 0 Å². The van der Waals surface area contributed by atoms with E-state index in [1.54, 1.807) is 21.1 Å². The van der Waals surface area contributed by atoms with Crippen molar-refractivity contribution in [1.29, 1.82) is 0 Å². The fourth-order valence-corrected chi connectivity index (χ4v) is 3.40. The molecule has 3 rings (SSSR count). The van der Waals surface area contributed by atoms with E-state index >= 15 is 0 Å². The molecule has 0 aliphatic carbocycles. The molecule has 1 heterocycles. The van der Waals surface area contributed by atoms with Crippen molar-refractivity contribution in [3.8, 4) is 5.75 Å². The van der Waals surface area contributed by atoms with Gasteiger partial charge in [-0.25, -0.2) is 5.01 Å². The van der Waals surface area contributed by atoms with E-state index in [-0.39, 0.29) is 24.4 Å². The molecule has 2 aromatic rings. The molecular weight excluding hydrogens is 366 g/mol. The van der Waals surface area contributed by atoms with Crippen LogP contribution < -0.4 is 4.74 Å². The highest BCUT2D eigenvalue weighted by atomic mass is 16.5. The molecular formula is C23H27N3O3. The third-order valence-electron chi connectivity index (χ3n) is 5.13. The lowest BCUT2D eigenvalue weighted by molar-refractivity contribution is -0.140. The van der Waals surface area contributed by atoms with Crippen molar-refractivity contribution >= 4 is 17.5 Å². The number of amides is 2. The predicted molar refractivity (Wildman–Crippen MR) is 113 cm³/mol. The fraction of sp³-hybridized carbons (Fsp3) is 0.348. The number of rotatable bonds is 6. The molecule has 0 bridgehead atoms. The maximum Gasteiger partial charge on any atom is 0.262 e. The Bertz CT molecular complexity index is 921.